The van der Waals surface area contributed by atoms with Crippen LogP contribution in [0.1, 0.15) is 24.2 Å². The molecule has 0 aliphatic heterocycles. The van der Waals surface area contributed by atoms with Gasteiger partial charge in [-0.15, -0.1) is 24.0 Å². The van der Waals surface area contributed by atoms with Gasteiger partial charge >= 0.3 is 0 Å². The molecule has 136 valence electrons. The van der Waals surface area contributed by atoms with E-state index in [0.29, 0.717) is 18.5 Å². The van der Waals surface area contributed by atoms with Gasteiger partial charge in [0.25, 0.3) is 0 Å². The topological polar surface area (TPSA) is 69.9 Å². The van der Waals surface area contributed by atoms with E-state index in [-0.39, 0.29) is 36.4 Å². The van der Waals surface area contributed by atoms with E-state index >= 15 is 0 Å². The third-order valence-electron chi connectivity index (χ3n) is 4.15. The van der Waals surface area contributed by atoms with Gasteiger partial charge in [0, 0.05) is 31.1 Å². The number of hydrogen-bond donors (Lipinski definition) is 2. The van der Waals surface area contributed by atoms with Crippen molar-refractivity contribution >= 4 is 46.8 Å². The molecule has 1 aliphatic carbocycles. The summed E-state index contributed by atoms with van der Waals surface area (Å²) in [6.45, 7) is 2.73. The average molecular weight is 456 g/mol. The van der Waals surface area contributed by atoms with Gasteiger partial charge in [-0.3, -0.25) is 4.79 Å². The lowest BCUT2D eigenvalue weighted by molar-refractivity contribution is -0.127. The summed E-state index contributed by atoms with van der Waals surface area (Å²) in [6.07, 6.45) is 2.29. The van der Waals surface area contributed by atoms with E-state index < -0.39 is 0 Å². The van der Waals surface area contributed by atoms with Gasteiger partial charge in [-0.1, -0.05) is 18.2 Å². The Kier molecular flexibility index (Phi) is 6.69. The minimum Gasteiger partial charge on any atom is -0.459 e. The highest BCUT2D eigenvalue weighted by Gasteiger charge is 2.22. The zero-order chi connectivity index (χ0) is 17.1. The maximum Gasteiger partial charge on any atom is 0.243 e. The molecule has 0 bridgehead atoms. The number of likely N-dealkylation sites (N-methyl/N-ethyl adjacent to an activating group) is 1. The Bertz CT molecular complexity index is 766. The molecule has 2 aromatic rings. The Hall–Kier alpha value is -1.77. The molecule has 1 fully saturated rings. The number of guanidine groups is 1. The molecule has 0 unspecified atom stereocenters. The summed E-state index contributed by atoms with van der Waals surface area (Å²) in [5, 5.41) is 7.74. The highest BCUT2D eigenvalue weighted by Crippen LogP contribution is 2.24. The lowest BCUT2D eigenvalue weighted by Crippen LogP contribution is -2.39. The SMILES string of the molecule is Cc1c(CNC(=NCC(=O)N(C)C)NC2CC2)oc2ccccc12.I. The minimum atomic E-state index is -0.0215. The third kappa shape index (κ3) is 5.10. The number of amides is 1. The van der Waals surface area contributed by atoms with Crippen molar-refractivity contribution in [1.29, 1.82) is 0 Å². The molecular weight excluding hydrogens is 431 g/mol. The summed E-state index contributed by atoms with van der Waals surface area (Å²) in [4.78, 5) is 17.7. The van der Waals surface area contributed by atoms with Crippen LogP contribution in [-0.4, -0.2) is 43.4 Å². The Morgan fingerprint density at radius 1 is 1.32 bits per heavy atom. The Balaban J connectivity index is 0.00000225. The Morgan fingerprint density at radius 2 is 2.04 bits per heavy atom. The maximum atomic E-state index is 11.7. The smallest absolute Gasteiger partial charge is 0.243 e. The summed E-state index contributed by atoms with van der Waals surface area (Å²) >= 11 is 0. The van der Waals surface area contributed by atoms with E-state index in [4.69, 9.17) is 4.42 Å². The summed E-state index contributed by atoms with van der Waals surface area (Å²) < 4.78 is 5.91. The molecule has 25 heavy (non-hydrogen) atoms. The quantitative estimate of drug-likeness (QED) is 0.413. The van der Waals surface area contributed by atoms with Gasteiger partial charge in [0.15, 0.2) is 5.96 Å². The number of hydrogen-bond acceptors (Lipinski definition) is 3. The van der Waals surface area contributed by atoms with Crippen molar-refractivity contribution in [3.8, 4) is 0 Å². The molecule has 0 spiro atoms. The van der Waals surface area contributed by atoms with Gasteiger partial charge in [-0.25, -0.2) is 4.99 Å². The minimum absolute atomic E-state index is 0. The van der Waals surface area contributed by atoms with Gasteiger partial charge in [-0.2, -0.15) is 0 Å². The first kappa shape index (κ1) is 19.6. The van der Waals surface area contributed by atoms with Crippen LogP contribution in [0.25, 0.3) is 11.0 Å². The first-order valence-corrected chi connectivity index (χ1v) is 8.26. The number of aryl methyl sites for hydroxylation is 1. The van der Waals surface area contributed by atoms with E-state index in [1.165, 1.54) is 0 Å². The van der Waals surface area contributed by atoms with Crippen LogP contribution in [0.15, 0.2) is 33.7 Å². The second-order valence-electron chi connectivity index (χ2n) is 6.37. The summed E-state index contributed by atoms with van der Waals surface area (Å²) in [5.74, 6) is 1.53. The molecule has 7 heteroatoms. The van der Waals surface area contributed by atoms with Crippen LogP contribution in [0.2, 0.25) is 0 Å². The monoisotopic (exact) mass is 456 g/mol. The number of para-hydroxylation sites is 1. The maximum absolute atomic E-state index is 11.7. The normalized spacial score (nSPS) is 14.1. The second kappa shape index (κ2) is 8.55. The molecule has 2 N–H and O–H groups in total. The van der Waals surface area contributed by atoms with Crippen LogP contribution in [0.3, 0.4) is 0 Å². The number of halogens is 1. The lowest BCUT2D eigenvalue weighted by atomic mass is 10.1. The van der Waals surface area contributed by atoms with Crippen LogP contribution in [0, 0.1) is 6.92 Å². The number of rotatable bonds is 5. The van der Waals surface area contributed by atoms with E-state index in [0.717, 1.165) is 35.1 Å². The fourth-order valence-corrected chi connectivity index (χ4v) is 2.42. The molecule has 0 atom stereocenters. The zero-order valence-electron chi connectivity index (χ0n) is 14.8. The first-order chi connectivity index (χ1) is 11.5. The zero-order valence-corrected chi connectivity index (χ0v) is 17.2. The molecule has 1 aliphatic rings. The van der Waals surface area contributed by atoms with Gasteiger partial charge < -0.3 is 20.0 Å². The van der Waals surface area contributed by atoms with E-state index in [1.807, 2.05) is 18.2 Å². The number of benzene rings is 1. The highest BCUT2D eigenvalue weighted by molar-refractivity contribution is 14.0. The fourth-order valence-electron chi connectivity index (χ4n) is 2.42. The van der Waals surface area contributed by atoms with Crippen LogP contribution in [0.4, 0.5) is 0 Å². The summed E-state index contributed by atoms with van der Waals surface area (Å²) in [6, 6.07) is 8.47. The van der Waals surface area contributed by atoms with Crippen LogP contribution in [0.5, 0.6) is 0 Å². The van der Waals surface area contributed by atoms with E-state index in [2.05, 4.69) is 28.6 Å². The molecule has 1 aromatic heterocycles. The lowest BCUT2D eigenvalue weighted by Gasteiger charge is -2.13. The standard InChI is InChI=1S/C18H24N4O2.HI/c1-12-14-6-4-5-7-15(14)24-16(12)10-19-18(21-13-8-9-13)20-11-17(23)22(2)3;/h4-7,13H,8-11H2,1-3H3,(H2,19,20,21);1H. The average Bonchev–Trinajstić information content (AvgIpc) is 3.33. The summed E-state index contributed by atoms with van der Waals surface area (Å²) in [7, 11) is 3.47. The van der Waals surface area contributed by atoms with Crippen molar-refractivity contribution in [2.45, 2.75) is 32.4 Å². The number of carbonyl (C=O) groups excluding carboxylic acids is 1. The predicted molar refractivity (Wildman–Crippen MR) is 110 cm³/mol. The molecule has 1 saturated carbocycles. The highest BCUT2D eigenvalue weighted by atomic mass is 127. The van der Waals surface area contributed by atoms with Crippen molar-refractivity contribution in [3.63, 3.8) is 0 Å². The number of nitrogens with zero attached hydrogens (tertiary/aromatic N) is 2. The number of nitrogens with one attached hydrogen (secondary N) is 2. The Morgan fingerprint density at radius 3 is 2.68 bits per heavy atom. The van der Waals surface area contributed by atoms with Crippen molar-refractivity contribution in [2.75, 3.05) is 20.6 Å². The number of furan rings is 1. The molecular formula is C18H25IN4O2. The number of carbonyl (C=O) groups is 1. The number of aliphatic imine (C=N–C) groups is 1. The molecule has 1 aromatic carbocycles. The molecule has 1 amide bonds. The van der Waals surface area contributed by atoms with Crippen LogP contribution >= 0.6 is 24.0 Å². The van der Waals surface area contributed by atoms with Crippen molar-refractivity contribution in [2.24, 2.45) is 4.99 Å². The van der Waals surface area contributed by atoms with Crippen LogP contribution in [-0.2, 0) is 11.3 Å². The third-order valence-corrected chi connectivity index (χ3v) is 4.15. The predicted octanol–water partition coefficient (Wildman–Crippen LogP) is 2.65. The molecule has 6 nitrogen and oxygen atoms in total. The van der Waals surface area contributed by atoms with E-state index in [1.54, 1.807) is 19.0 Å². The molecule has 3 rings (SSSR count). The van der Waals surface area contributed by atoms with Crippen molar-refractivity contribution in [1.82, 2.24) is 15.5 Å². The van der Waals surface area contributed by atoms with Crippen molar-refractivity contribution < 1.29 is 9.21 Å². The first-order valence-electron chi connectivity index (χ1n) is 8.26. The van der Waals surface area contributed by atoms with Gasteiger partial charge in [-0.05, 0) is 25.8 Å². The largest absolute Gasteiger partial charge is 0.459 e. The molecule has 1 heterocycles. The second-order valence-corrected chi connectivity index (χ2v) is 6.37. The van der Waals surface area contributed by atoms with Gasteiger partial charge in [0.1, 0.15) is 17.9 Å². The number of fused-ring (bicyclic) bond motifs is 1. The summed E-state index contributed by atoms with van der Waals surface area (Å²) in [5.41, 5.74) is 2.02. The van der Waals surface area contributed by atoms with Gasteiger partial charge in [0.05, 0.1) is 6.54 Å². The molecule has 0 radical (unpaired) electrons. The molecule has 0 saturated heterocycles. The van der Waals surface area contributed by atoms with Crippen molar-refractivity contribution in [3.05, 3.63) is 35.6 Å². The van der Waals surface area contributed by atoms with Crippen LogP contribution < -0.4 is 10.6 Å². The van der Waals surface area contributed by atoms with E-state index in [9.17, 15) is 4.79 Å². The fraction of sp³-hybridized carbons (Fsp3) is 0.444. The van der Waals surface area contributed by atoms with Gasteiger partial charge in [0.2, 0.25) is 5.91 Å². The Labute approximate surface area is 165 Å².